The van der Waals surface area contributed by atoms with Crippen LogP contribution in [0.15, 0.2) is 32.6 Å². The first-order valence-electron chi connectivity index (χ1n) is 11.6. The lowest BCUT2D eigenvalue weighted by atomic mass is 10.1. The van der Waals surface area contributed by atoms with Gasteiger partial charge in [-0.3, -0.25) is 28.1 Å². The minimum atomic E-state index is -0.850. The molecule has 0 radical (unpaired) electrons. The number of aryl methyl sites for hydroxylation is 1. The average Bonchev–Trinajstić information content (AvgIpc) is 3.09. The molecule has 0 amide bonds. The number of hydrogen-bond donors (Lipinski definition) is 1. The van der Waals surface area contributed by atoms with Crippen LogP contribution < -0.4 is 22.5 Å². The number of hydrogen-bond acceptors (Lipinski definition) is 8. The van der Waals surface area contributed by atoms with Crippen LogP contribution in [0.4, 0.5) is 5.82 Å². The maximum absolute atomic E-state index is 12.9. The fourth-order valence-corrected chi connectivity index (χ4v) is 4.32. The van der Waals surface area contributed by atoms with Gasteiger partial charge in [0, 0.05) is 26.6 Å². The zero-order valence-corrected chi connectivity index (χ0v) is 19.7. The molecule has 0 saturated carbocycles. The Bertz CT molecular complexity index is 1510. The number of carbonyl (C=O) groups excluding carboxylic acids is 2. The Morgan fingerprint density at radius 3 is 2.63 bits per heavy atom. The lowest BCUT2D eigenvalue weighted by Gasteiger charge is -2.14. The van der Waals surface area contributed by atoms with Gasteiger partial charge in [-0.05, 0) is 37.5 Å². The lowest BCUT2D eigenvalue weighted by Crippen LogP contribution is -2.43. The SMILES string of the molecule is CCCn1c(N)c(C(=O)COC(=O)c2ccc3c(=O)n4c(nc3c2)CCCCC4)c(=O)n(C)c1=O. The third kappa shape index (κ3) is 4.41. The number of fused-ring (bicyclic) bond motifs is 2. The summed E-state index contributed by atoms with van der Waals surface area (Å²) in [5, 5.41) is 0.401. The molecule has 0 aliphatic carbocycles. The molecule has 2 aromatic heterocycles. The largest absolute Gasteiger partial charge is 0.454 e. The van der Waals surface area contributed by atoms with Crippen molar-refractivity contribution in [3.63, 3.8) is 0 Å². The van der Waals surface area contributed by atoms with Gasteiger partial charge in [0.15, 0.2) is 6.61 Å². The van der Waals surface area contributed by atoms with E-state index >= 15 is 0 Å². The predicted molar refractivity (Wildman–Crippen MR) is 129 cm³/mol. The molecule has 0 fully saturated rings. The summed E-state index contributed by atoms with van der Waals surface area (Å²) >= 11 is 0. The third-order valence-electron chi connectivity index (χ3n) is 6.20. The van der Waals surface area contributed by atoms with E-state index in [2.05, 4.69) is 4.98 Å². The standard InChI is InChI=1S/C24H27N5O6/c1-3-10-29-20(25)19(22(32)27(2)24(29)34)17(30)13-35-23(33)14-8-9-15-16(12-14)26-18-7-5-4-6-11-28(18)21(15)31/h8-9,12H,3-7,10-11,13,25H2,1-2H3. The number of aromatic nitrogens is 4. The van der Waals surface area contributed by atoms with Crippen LogP contribution in [0.5, 0.6) is 0 Å². The van der Waals surface area contributed by atoms with Crippen molar-refractivity contribution in [3.05, 3.63) is 66.3 Å². The van der Waals surface area contributed by atoms with Gasteiger partial charge in [0.05, 0.1) is 16.5 Å². The van der Waals surface area contributed by atoms with Crippen molar-refractivity contribution in [2.45, 2.75) is 52.1 Å². The third-order valence-corrected chi connectivity index (χ3v) is 6.20. The van der Waals surface area contributed by atoms with Crippen LogP contribution >= 0.6 is 0 Å². The van der Waals surface area contributed by atoms with Crippen molar-refractivity contribution in [3.8, 4) is 0 Å². The van der Waals surface area contributed by atoms with Crippen LogP contribution in [0.1, 0.15) is 59.1 Å². The van der Waals surface area contributed by atoms with E-state index in [1.165, 1.54) is 25.2 Å². The van der Waals surface area contributed by atoms with E-state index in [1.54, 1.807) is 4.57 Å². The second kappa shape index (κ2) is 9.69. The zero-order chi connectivity index (χ0) is 25.3. The summed E-state index contributed by atoms with van der Waals surface area (Å²) in [4.78, 5) is 67.7. The zero-order valence-electron chi connectivity index (χ0n) is 19.7. The number of ketones is 1. The number of carbonyl (C=O) groups is 2. The molecule has 0 atom stereocenters. The van der Waals surface area contributed by atoms with E-state index in [-0.39, 0.29) is 23.5 Å². The number of nitrogens with two attached hydrogens (primary N) is 1. The summed E-state index contributed by atoms with van der Waals surface area (Å²) in [6.07, 6.45) is 4.13. The first-order chi connectivity index (χ1) is 16.7. The Morgan fingerprint density at radius 1 is 1.11 bits per heavy atom. The smallest absolute Gasteiger partial charge is 0.338 e. The number of rotatable bonds is 6. The minimum Gasteiger partial charge on any atom is -0.454 e. The Labute approximate surface area is 199 Å². The Morgan fingerprint density at radius 2 is 1.89 bits per heavy atom. The second-order valence-corrected chi connectivity index (χ2v) is 8.59. The highest BCUT2D eigenvalue weighted by Gasteiger charge is 2.23. The molecule has 35 heavy (non-hydrogen) atoms. The van der Waals surface area contributed by atoms with E-state index in [4.69, 9.17) is 10.5 Å². The number of Topliss-reactive ketones (excluding diaryl/α,β-unsaturated/α-hetero) is 1. The van der Waals surface area contributed by atoms with Gasteiger partial charge in [-0.1, -0.05) is 13.3 Å². The Balaban J connectivity index is 1.59. The molecule has 0 spiro atoms. The molecule has 1 aromatic carbocycles. The highest BCUT2D eigenvalue weighted by atomic mass is 16.5. The molecule has 11 heteroatoms. The van der Waals surface area contributed by atoms with Crippen molar-refractivity contribution >= 4 is 28.5 Å². The van der Waals surface area contributed by atoms with Crippen LogP contribution in [0.2, 0.25) is 0 Å². The van der Waals surface area contributed by atoms with E-state index in [0.29, 0.717) is 36.1 Å². The summed E-state index contributed by atoms with van der Waals surface area (Å²) < 4.78 is 8.78. The van der Waals surface area contributed by atoms with Crippen molar-refractivity contribution in [2.75, 3.05) is 12.3 Å². The summed E-state index contributed by atoms with van der Waals surface area (Å²) in [5.41, 5.74) is 4.43. The van der Waals surface area contributed by atoms with Gasteiger partial charge < -0.3 is 10.5 Å². The molecule has 0 unspecified atom stereocenters. The van der Waals surface area contributed by atoms with E-state index in [1.807, 2.05) is 6.92 Å². The van der Waals surface area contributed by atoms with E-state index in [0.717, 1.165) is 28.4 Å². The van der Waals surface area contributed by atoms with Crippen molar-refractivity contribution in [2.24, 2.45) is 7.05 Å². The van der Waals surface area contributed by atoms with E-state index < -0.39 is 35.2 Å². The highest BCUT2D eigenvalue weighted by molar-refractivity contribution is 6.02. The molecule has 1 aliphatic heterocycles. The maximum atomic E-state index is 12.9. The molecule has 2 N–H and O–H groups in total. The van der Waals surface area contributed by atoms with E-state index in [9.17, 15) is 24.0 Å². The van der Waals surface area contributed by atoms with Crippen molar-refractivity contribution < 1.29 is 14.3 Å². The topological polar surface area (TPSA) is 148 Å². The van der Waals surface area contributed by atoms with Gasteiger partial charge in [0.25, 0.3) is 11.1 Å². The first-order valence-corrected chi connectivity index (χ1v) is 11.6. The number of nitrogens with zero attached hydrogens (tertiary/aromatic N) is 4. The van der Waals surface area contributed by atoms with Crippen molar-refractivity contribution in [1.29, 1.82) is 0 Å². The lowest BCUT2D eigenvalue weighted by molar-refractivity contribution is 0.0474. The monoisotopic (exact) mass is 481 g/mol. The summed E-state index contributed by atoms with van der Waals surface area (Å²) in [6.45, 7) is 1.94. The van der Waals surface area contributed by atoms with Crippen molar-refractivity contribution in [1.82, 2.24) is 18.7 Å². The Kier molecular flexibility index (Phi) is 6.68. The van der Waals surface area contributed by atoms with Crippen LogP contribution in [0.3, 0.4) is 0 Å². The number of ether oxygens (including phenoxy) is 1. The molecular formula is C24H27N5O6. The van der Waals surface area contributed by atoms with Gasteiger partial charge in [-0.15, -0.1) is 0 Å². The van der Waals surface area contributed by atoms with Crippen LogP contribution in [-0.4, -0.2) is 37.0 Å². The van der Waals surface area contributed by atoms with Gasteiger partial charge in [-0.25, -0.2) is 14.6 Å². The molecule has 11 nitrogen and oxygen atoms in total. The quantitative estimate of drug-likeness (QED) is 0.405. The number of nitrogen functional groups attached to an aromatic ring is 1. The van der Waals surface area contributed by atoms with Crippen LogP contribution in [0, 0.1) is 0 Å². The normalized spacial score (nSPS) is 13.3. The summed E-state index contributed by atoms with van der Waals surface area (Å²) in [6, 6.07) is 4.43. The average molecular weight is 482 g/mol. The Hall–Kier alpha value is -4.02. The molecule has 4 rings (SSSR count). The predicted octanol–water partition coefficient (Wildman–Crippen LogP) is 1.02. The number of anilines is 1. The molecule has 3 aromatic rings. The molecule has 0 saturated heterocycles. The molecular weight excluding hydrogens is 454 g/mol. The number of benzene rings is 1. The van der Waals surface area contributed by atoms with Gasteiger partial charge in [-0.2, -0.15) is 0 Å². The molecule has 3 heterocycles. The second-order valence-electron chi connectivity index (χ2n) is 8.59. The first kappa shape index (κ1) is 24.1. The van der Waals surface area contributed by atoms with Gasteiger partial charge >= 0.3 is 11.7 Å². The molecule has 184 valence electrons. The highest BCUT2D eigenvalue weighted by Crippen LogP contribution is 2.17. The fourth-order valence-electron chi connectivity index (χ4n) is 4.32. The fraction of sp³-hybridized carbons (Fsp3) is 0.417. The molecule has 0 bridgehead atoms. The number of esters is 1. The van der Waals surface area contributed by atoms with Gasteiger partial charge in [0.2, 0.25) is 5.78 Å². The summed E-state index contributed by atoms with van der Waals surface area (Å²) in [5.74, 6) is -1.19. The van der Waals surface area contributed by atoms with Crippen LogP contribution in [-0.2, 0) is 31.3 Å². The summed E-state index contributed by atoms with van der Waals surface area (Å²) in [7, 11) is 1.25. The maximum Gasteiger partial charge on any atom is 0.338 e. The molecule has 1 aliphatic rings. The van der Waals surface area contributed by atoms with Crippen LogP contribution in [0.25, 0.3) is 10.9 Å². The minimum absolute atomic E-state index is 0.118. The van der Waals surface area contributed by atoms with Gasteiger partial charge in [0.1, 0.15) is 17.2 Å².